The van der Waals surface area contributed by atoms with Crippen molar-refractivity contribution in [3.8, 4) is 0 Å². The average Bonchev–Trinajstić information content (AvgIpc) is 2.29. The van der Waals surface area contributed by atoms with E-state index in [1.54, 1.807) is 34.9 Å². The molecule has 0 saturated carbocycles. The van der Waals surface area contributed by atoms with E-state index < -0.39 is 23.8 Å². The Bertz CT molecular complexity index is 348. The van der Waals surface area contributed by atoms with Crippen LogP contribution in [0, 0.1) is 5.92 Å². The van der Waals surface area contributed by atoms with Crippen molar-refractivity contribution >= 4 is 12.0 Å². The molecule has 0 fully saturated rings. The van der Waals surface area contributed by atoms with E-state index in [2.05, 4.69) is 5.32 Å². The molecule has 2 N–H and O–H groups in total. The fourth-order valence-corrected chi connectivity index (χ4v) is 1.83. The van der Waals surface area contributed by atoms with Gasteiger partial charge >= 0.3 is 6.09 Å². The Labute approximate surface area is 127 Å². The summed E-state index contributed by atoms with van der Waals surface area (Å²) in [7, 11) is 3.35. The zero-order chi connectivity index (χ0) is 16.8. The molecule has 0 aliphatic rings. The zero-order valence-corrected chi connectivity index (χ0v) is 14.3. The minimum atomic E-state index is -0.790. The van der Waals surface area contributed by atoms with Crippen molar-refractivity contribution in [1.82, 2.24) is 10.2 Å². The van der Waals surface area contributed by atoms with Crippen LogP contribution in [0.3, 0.4) is 0 Å². The second-order valence-corrected chi connectivity index (χ2v) is 6.81. The third kappa shape index (κ3) is 8.55. The number of nitrogens with zero attached hydrogens (tertiary/aromatic N) is 1. The highest BCUT2D eigenvalue weighted by Crippen LogP contribution is 2.14. The Hall–Kier alpha value is -1.30. The Morgan fingerprint density at radius 1 is 1.24 bits per heavy atom. The second-order valence-electron chi connectivity index (χ2n) is 6.81. The predicted molar refractivity (Wildman–Crippen MR) is 81.9 cm³/mol. The molecule has 2 atom stereocenters. The highest BCUT2D eigenvalue weighted by atomic mass is 16.6. The normalized spacial score (nSPS) is 14.5. The number of carbonyl (C=O) groups is 2. The lowest BCUT2D eigenvalue weighted by molar-refractivity contribution is -0.129. The monoisotopic (exact) mass is 302 g/mol. The van der Waals surface area contributed by atoms with E-state index >= 15 is 0 Å². The molecule has 0 aromatic carbocycles. The number of alkyl carbamates (subject to hydrolysis) is 1. The van der Waals surface area contributed by atoms with Crippen LogP contribution < -0.4 is 5.32 Å². The summed E-state index contributed by atoms with van der Waals surface area (Å²) in [5.74, 6) is -0.0178. The largest absolute Gasteiger partial charge is 0.444 e. The third-order valence-corrected chi connectivity index (χ3v) is 2.97. The first kappa shape index (κ1) is 19.7. The summed E-state index contributed by atoms with van der Waals surface area (Å²) in [6, 6.07) is -0.449. The molecule has 0 aromatic heterocycles. The number of aliphatic hydroxyl groups is 1. The first-order chi connectivity index (χ1) is 9.44. The van der Waals surface area contributed by atoms with Crippen molar-refractivity contribution in [3.05, 3.63) is 0 Å². The van der Waals surface area contributed by atoms with Crippen molar-refractivity contribution in [2.45, 2.75) is 65.2 Å². The number of hydrogen-bond donors (Lipinski definition) is 2. The van der Waals surface area contributed by atoms with Crippen LogP contribution in [0.25, 0.3) is 0 Å². The van der Waals surface area contributed by atoms with Gasteiger partial charge in [-0.25, -0.2) is 4.79 Å². The van der Waals surface area contributed by atoms with Crippen LogP contribution in [0.5, 0.6) is 0 Å². The van der Waals surface area contributed by atoms with E-state index in [0.29, 0.717) is 6.42 Å². The van der Waals surface area contributed by atoms with Gasteiger partial charge in [-0.3, -0.25) is 4.79 Å². The van der Waals surface area contributed by atoms with Gasteiger partial charge in [-0.05, 0) is 33.1 Å². The summed E-state index contributed by atoms with van der Waals surface area (Å²) in [6.07, 6.45) is -0.802. The molecule has 6 heteroatoms. The number of carbonyl (C=O) groups excluding carboxylic acids is 2. The van der Waals surface area contributed by atoms with Crippen LogP contribution in [0.2, 0.25) is 0 Å². The summed E-state index contributed by atoms with van der Waals surface area (Å²) in [4.78, 5) is 24.8. The van der Waals surface area contributed by atoms with Gasteiger partial charge in [0.25, 0.3) is 0 Å². The molecule has 0 bridgehead atoms. The number of rotatable bonds is 6. The Morgan fingerprint density at radius 2 is 1.76 bits per heavy atom. The van der Waals surface area contributed by atoms with Gasteiger partial charge in [0.2, 0.25) is 5.91 Å². The smallest absolute Gasteiger partial charge is 0.407 e. The first-order valence-corrected chi connectivity index (χ1v) is 7.31. The number of aliphatic hydroxyl groups excluding tert-OH is 1. The molecule has 0 aliphatic heterocycles. The fourth-order valence-electron chi connectivity index (χ4n) is 1.83. The van der Waals surface area contributed by atoms with E-state index in [0.717, 1.165) is 0 Å². The van der Waals surface area contributed by atoms with Gasteiger partial charge in [-0.2, -0.15) is 0 Å². The van der Waals surface area contributed by atoms with Gasteiger partial charge < -0.3 is 20.1 Å². The Balaban J connectivity index is 4.54. The molecule has 0 heterocycles. The van der Waals surface area contributed by atoms with Gasteiger partial charge in [0, 0.05) is 20.5 Å². The van der Waals surface area contributed by atoms with E-state index in [1.807, 2.05) is 13.8 Å². The minimum absolute atomic E-state index is 0.0296. The van der Waals surface area contributed by atoms with Crippen LogP contribution in [0.4, 0.5) is 4.79 Å². The van der Waals surface area contributed by atoms with Gasteiger partial charge in [-0.1, -0.05) is 13.8 Å². The van der Waals surface area contributed by atoms with Gasteiger partial charge in [0.1, 0.15) is 5.60 Å². The fraction of sp³-hybridized carbons (Fsp3) is 0.867. The van der Waals surface area contributed by atoms with Crippen LogP contribution in [0.15, 0.2) is 0 Å². The summed E-state index contributed by atoms with van der Waals surface area (Å²) >= 11 is 0. The molecule has 0 rings (SSSR count). The number of ether oxygens (including phenoxy) is 1. The zero-order valence-electron chi connectivity index (χ0n) is 14.3. The van der Waals surface area contributed by atoms with Crippen LogP contribution in [-0.2, 0) is 9.53 Å². The van der Waals surface area contributed by atoms with Crippen LogP contribution in [0.1, 0.15) is 47.5 Å². The molecule has 0 spiro atoms. The maximum absolute atomic E-state index is 11.8. The summed E-state index contributed by atoms with van der Waals surface area (Å²) in [5.41, 5.74) is -0.586. The van der Waals surface area contributed by atoms with Crippen molar-refractivity contribution < 1.29 is 19.4 Å². The third-order valence-electron chi connectivity index (χ3n) is 2.97. The molecular formula is C15H30N2O4. The van der Waals surface area contributed by atoms with Crippen LogP contribution >= 0.6 is 0 Å². The molecule has 0 aromatic rings. The van der Waals surface area contributed by atoms with Crippen molar-refractivity contribution in [3.63, 3.8) is 0 Å². The maximum Gasteiger partial charge on any atom is 0.407 e. The molecular weight excluding hydrogens is 272 g/mol. The standard InChI is InChI=1S/C15H30N2O4/c1-10(2)13(16-14(20)21-15(3,4)5)11(18)8-9-12(19)17(6)7/h10-11,13,18H,8-9H2,1-7H3,(H,16,20)/t11-,13-/m0/s1. The topological polar surface area (TPSA) is 78.9 Å². The van der Waals surface area contributed by atoms with E-state index in [4.69, 9.17) is 4.74 Å². The number of nitrogens with one attached hydrogen (secondary N) is 1. The number of amides is 2. The van der Waals surface area contributed by atoms with Gasteiger partial charge in [0.05, 0.1) is 12.1 Å². The van der Waals surface area contributed by atoms with E-state index in [-0.39, 0.29) is 18.2 Å². The molecule has 21 heavy (non-hydrogen) atoms. The highest BCUT2D eigenvalue weighted by Gasteiger charge is 2.27. The van der Waals surface area contributed by atoms with Gasteiger partial charge in [-0.15, -0.1) is 0 Å². The lowest BCUT2D eigenvalue weighted by atomic mass is 9.95. The first-order valence-electron chi connectivity index (χ1n) is 7.31. The van der Waals surface area contributed by atoms with Crippen LogP contribution in [-0.4, -0.2) is 53.8 Å². The Kier molecular flexibility index (Phi) is 7.71. The summed E-state index contributed by atoms with van der Waals surface area (Å²) in [6.45, 7) is 9.15. The van der Waals surface area contributed by atoms with Gasteiger partial charge in [0.15, 0.2) is 0 Å². The SMILES string of the molecule is CC(C)[C@H](NC(=O)OC(C)(C)C)[C@@H](O)CCC(=O)N(C)C. The van der Waals surface area contributed by atoms with Crippen molar-refractivity contribution in [2.24, 2.45) is 5.92 Å². The lowest BCUT2D eigenvalue weighted by Gasteiger charge is -2.29. The summed E-state index contributed by atoms with van der Waals surface area (Å²) < 4.78 is 5.20. The predicted octanol–water partition coefficient (Wildman–Crippen LogP) is 1.76. The maximum atomic E-state index is 11.8. The molecule has 6 nitrogen and oxygen atoms in total. The number of hydrogen-bond acceptors (Lipinski definition) is 4. The van der Waals surface area contributed by atoms with E-state index in [9.17, 15) is 14.7 Å². The van der Waals surface area contributed by atoms with Crippen molar-refractivity contribution in [2.75, 3.05) is 14.1 Å². The molecule has 0 aliphatic carbocycles. The highest BCUT2D eigenvalue weighted by molar-refractivity contribution is 5.75. The lowest BCUT2D eigenvalue weighted by Crippen LogP contribution is -2.48. The minimum Gasteiger partial charge on any atom is -0.444 e. The average molecular weight is 302 g/mol. The Morgan fingerprint density at radius 3 is 2.14 bits per heavy atom. The van der Waals surface area contributed by atoms with E-state index in [1.165, 1.54) is 4.90 Å². The quantitative estimate of drug-likeness (QED) is 0.783. The molecule has 0 unspecified atom stereocenters. The molecule has 0 radical (unpaired) electrons. The summed E-state index contributed by atoms with van der Waals surface area (Å²) in [5, 5.41) is 12.9. The van der Waals surface area contributed by atoms with Crippen molar-refractivity contribution in [1.29, 1.82) is 0 Å². The molecule has 2 amide bonds. The molecule has 124 valence electrons. The second kappa shape index (κ2) is 8.22. The molecule has 0 saturated heterocycles.